The summed E-state index contributed by atoms with van der Waals surface area (Å²) in [5.74, 6) is 0.978. The van der Waals surface area contributed by atoms with Crippen LogP contribution in [0.1, 0.15) is 160 Å². The van der Waals surface area contributed by atoms with Crippen LogP contribution >= 0.6 is 0 Å². The largest absolute Gasteiger partial charge is 0.493 e. The number of hydrogen-bond donors (Lipinski definition) is 4. The van der Waals surface area contributed by atoms with Crippen molar-refractivity contribution in [2.24, 2.45) is 39.0 Å². The van der Waals surface area contributed by atoms with E-state index in [1.807, 2.05) is 144 Å². The third kappa shape index (κ3) is 27.7. The zero-order chi connectivity index (χ0) is 80.3. The number of aliphatic hydroxyl groups is 1. The molecule has 25 heteroatoms. The molecular weight excluding hydrogens is 1370 g/mol. The van der Waals surface area contributed by atoms with Crippen molar-refractivity contribution in [3.63, 3.8) is 0 Å². The monoisotopic (exact) mass is 1490 g/mol. The van der Waals surface area contributed by atoms with Gasteiger partial charge in [0.05, 0.1) is 81.7 Å². The molecule has 0 radical (unpaired) electrons. The van der Waals surface area contributed by atoms with E-state index in [2.05, 4.69) is 85.0 Å². The van der Waals surface area contributed by atoms with E-state index in [0.717, 1.165) is 58.3 Å². The van der Waals surface area contributed by atoms with Crippen LogP contribution in [-0.4, -0.2) is 217 Å². The molecule has 2 aliphatic rings. The molecule has 0 bridgehead atoms. The molecule has 7 rings (SSSR count). The third-order valence-electron chi connectivity index (χ3n) is 19.5. The summed E-state index contributed by atoms with van der Waals surface area (Å²) in [6.07, 6.45) is 3.60. The first-order valence-corrected chi connectivity index (χ1v) is 36.2. The van der Waals surface area contributed by atoms with Gasteiger partial charge < -0.3 is 38.8 Å². The average Bonchev–Trinajstić information content (AvgIpc) is 1.65. The summed E-state index contributed by atoms with van der Waals surface area (Å²) in [5.41, 5.74) is 6.75. The third-order valence-corrected chi connectivity index (χ3v) is 19.5. The highest BCUT2D eigenvalue weighted by molar-refractivity contribution is 6.21. The molecule has 590 valence electrons. The molecule has 107 heavy (non-hydrogen) atoms. The molecular formula is C82H120N8O17. The van der Waals surface area contributed by atoms with Crippen LogP contribution in [0.4, 0.5) is 0 Å². The number of benzene rings is 5. The van der Waals surface area contributed by atoms with Gasteiger partial charge in [-0.05, 0) is 213 Å². The van der Waals surface area contributed by atoms with Crippen LogP contribution < -0.4 is 25.0 Å². The summed E-state index contributed by atoms with van der Waals surface area (Å²) < 4.78 is 32.6. The highest BCUT2D eigenvalue weighted by Crippen LogP contribution is 2.36. The number of hydroxylamine groups is 5. The van der Waals surface area contributed by atoms with Crippen molar-refractivity contribution in [3.8, 4) is 17.2 Å². The second-order valence-corrected chi connectivity index (χ2v) is 30.4. The van der Waals surface area contributed by atoms with E-state index >= 15 is 0 Å². The van der Waals surface area contributed by atoms with Crippen LogP contribution in [-0.2, 0) is 57.5 Å². The molecule has 25 nitrogen and oxygen atoms in total. The Bertz CT molecular complexity index is 3600. The van der Waals surface area contributed by atoms with Gasteiger partial charge in [-0.3, -0.25) is 68.1 Å². The number of hydrogen-bond acceptors (Lipinski definition) is 21. The van der Waals surface area contributed by atoms with E-state index in [9.17, 15) is 38.7 Å². The van der Waals surface area contributed by atoms with Gasteiger partial charge in [-0.25, -0.2) is 5.48 Å². The summed E-state index contributed by atoms with van der Waals surface area (Å²) >= 11 is 0. The quantitative estimate of drug-likeness (QED) is 0.00566. The molecule has 0 fully saturated rings. The Morgan fingerprint density at radius 3 is 1.03 bits per heavy atom. The summed E-state index contributed by atoms with van der Waals surface area (Å²) in [6, 6.07) is 35.6. The predicted molar refractivity (Wildman–Crippen MR) is 412 cm³/mol. The zero-order valence-corrected chi connectivity index (χ0v) is 67.3. The van der Waals surface area contributed by atoms with E-state index in [0.29, 0.717) is 68.0 Å². The number of ether oxygens (including phenoxy) is 6. The van der Waals surface area contributed by atoms with Gasteiger partial charge in [0.15, 0.2) is 0 Å². The predicted octanol–water partition coefficient (Wildman–Crippen LogP) is 11.1. The van der Waals surface area contributed by atoms with Crippen molar-refractivity contribution in [2.45, 2.75) is 158 Å². The number of aliphatic imine (C=N–C) groups is 1. The van der Waals surface area contributed by atoms with Gasteiger partial charge >= 0.3 is 17.9 Å². The van der Waals surface area contributed by atoms with Crippen molar-refractivity contribution in [1.82, 2.24) is 35.6 Å². The van der Waals surface area contributed by atoms with Gasteiger partial charge in [0.25, 0.3) is 23.6 Å². The fourth-order valence-corrected chi connectivity index (χ4v) is 12.0. The number of likely N-dealkylation sites (N-methyl/N-ethyl adjacent to an activating group) is 3. The fourth-order valence-electron chi connectivity index (χ4n) is 12.0. The summed E-state index contributed by atoms with van der Waals surface area (Å²) in [5, 5.41) is 22.7. The molecule has 0 saturated heterocycles. The number of esters is 3. The van der Waals surface area contributed by atoms with E-state index in [4.69, 9.17) is 43.3 Å². The molecule has 0 aromatic heterocycles. The molecule has 4 amide bonds. The van der Waals surface area contributed by atoms with Crippen molar-refractivity contribution in [1.29, 1.82) is 0 Å². The fraction of sp³-hybridized carbons (Fsp3) is 0.537. The van der Waals surface area contributed by atoms with Crippen LogP contribution in [0.2, 0.25) is 0 Å². The van der Waals surface area contributed by atoms with Crippen LogP contribution in [0.3, 0.4) is 0 Å². The van der Waals surface area contributed by atoms with Crippen molar-refractivity contribution in [2.75, 3.05) is 97.5 Å². The number of rotatable bonds is 34. The maximum absolute atomic E-state index is 12.7. The Hall–Kier alpha value is -8.82. The van der Waals surface area contributed by atoms with Crippen molar-refractivity contribution < 1.29 is 82.0 Å². The summed E-state index contributed by atoms with van der Waals surface area (Å²) in [7, 11) is 18.9. The van der Waals surface area contributed by atoms with Gasteiger partial charge in [-0.2, -0.15) is 0 Å². The lowest BCUT2D eigenvalue weighted by atomic mass is 9.79. The van der Waals surface area contributed by atoms with Gasteiger partial charge in [0, 0.05) is 14.1 Å². The Balaban J connectivity index is 0.000000317. The van der Waals surface area contributed by atoms with Gasteiger partial charge in [-0.15, -0.1) is 10.1 Å². The standard InChI is InChI=1S/C29H38N2O6.C24H42N4O4.C21H35NO4.C8H5NO3/c1-19(18-36-22-14-12-21(13-15-22)16-25(30(5)6)28(34)35-7)17-29(3,4)20(2)37-31-26(32)23-10-8-9-11-24(23)27(31)33;1-17(15-24(3,4)18(2)32-27-23(25-5)26-6)16-31-20-12-10-19(11-13-20)14-21(28(7)8)22(29)30-9;1-15(13-21(3,4)16(2)23)14-26-18-10-8-17(9-11-18)12-19(22(5)6)20(24)25-7;10-7-5-3-1-2-4-6(5)8(11)9(7)12/h8-15,19-20,25H,16-18H2,1-7H3;10-13,17-18,21H,14-16H2,1-9H3,(H2,25,26,27);8-11,15-16,19,23H,12-14H2,1-7H3;1-4,12H/t19?,20?,25-;17?,18?,21-;15?,16?,19-;/m000./s1. The first-order chi connectivity index (χ1) is 50.2. The summed E-state index contributed by atoms with van der Waals surface area (Å²) in [4.78, 5) is 105. The van der Waals surface area contributed by atoms with Crippen LogP contribution in [0.15, 0.2) is 126 Å². The normalized spacial score (nSPS) is 15.5. The molecule has 5 aromatic carbocycles. The summed E-state index contributed by atoms with van der Waals surface area (Å²) in [6.45, 7) is 26.6. The highest BCUT2D eigenvalue weighted by Gasteiger charge is 2.41. The minimum Gasteiger partial charge on any atom is -0.493 e. The number of nitrogens with zero attached hydrogens (tertiary/aromatic N) is 6. The molecule has 2 heterocycles. The van der Waals surface area contributed by atoms with Gasteiger partial charge in [0.2, 0.25) is 5.96 Å². The van der Waals surface area contributed by atoms with Gasteiger partial charge in [-0.1, -0.05) is 123 Å². The van der Waals surface area contributed by atoms with Crippen molar-refractivity contribution in [3.05, 3.63) is 160 Å². The average molecular weight is 1490 g/mol. The Kier molecular flexibility index (Phi) is 36.1. The van der Waals surface area contributed by atoms with E-state index in [-0.39, 0.29) is 92.7 Å². The van der Waals surface area contributed by atoms with E-state index in [1.165, 1.54) is 33.5 Å². The molecule has 0 saturated carbocycles. The van der Waals surface area contributed by atoms with E-state index in [1.54, 1.807) is 50.5 Å². The lowest BCUT2D eigenvalue weighted by molar-refractivity contribution is -0.162. The van der Waals surface area contributed by atoms with Crippen molar-refractivity contribution >= 4 is 47.5 Å². The number of amides is 4. The van der Waals surface area contributed by atoms with Crippen LogP contribution in [0.25, 0.3) is 0 Å². The molecule has 5 aromatic rings. The second-order valence-electron chi connectivity index (χ2n) is 30.4. The molecule has 9 atom stereocenters. The minimum absolute atomic E-state index is 0.0196. The molecule has 0 aliphatic carbocycles. The van der Waals surface area contributed by atoms with Crippen LogP contribution in [0.5, 0.6) is 17.2 Å². The number of aliphatic hydroxyl groups excluding tert-OH is 1. The number of imide groups is 2. The SMILES string of the molecule is CN=C(NC)NOC(C)C(C)(C)CC(C)COc1ccc(C[C@@H](C(=O)OC)N(C)C)cc1.COC(=O)[C@H](Cc1ccc(OCC(C)CC(C)(C)C(C)O)cc1)N(C)C.COC(=O)[C@H](Cc1ccc(OCC(C)CC(C)(C)C(C)ON2C(=O)c3ccccc3C2=O)cc1)N(C)C.O=C1c2ccccc2C(=O)N1O. The molecule has 6 unspecified atom stereocenters. The number of methoxy groups -OCH3 is 3. The molecule has 4 N–H and O–H groups in total. The molecule has 2 aliphatic heterocycles. The maximum Gasteiger partial charge on any atom is 0.323 e. The first-order valence-electron chi connectivity index (χ1n) is 36.2. The maximum atomic E-state index is 12.7. The smallest absolute Gasteiger partial charge is 0.323 e. The first kappa shape index (κ1) is 90.6. The second kappa shape index (κ2) is 42.7. The number of guanidine groups is 1. The minimum atomic E-state index is -0.657. The topological polar surface area (TPSA) is 286 Å². The molecule has 0 spiro atoms. The number of carbonyl (C=O) groups excluding carboxylic acids is 7. The number of fused-ring (bicyclic) bond motifs is 2. The number of nitrogens with one attached hydrogen (secondary N) is 2. The Labute approximate surface area is 634 Å². The lowest BCUT2D eigenvalue weighted by Crippen LogP contribution is -2.42. The zero-order valence-electron chi connectivity index (χ0n) is 67.3. The van der Waals surface area contributed by atoms with E-state index < -0.39 is 23.6 Å². The van der Waals surface area contributed by atoms with Gasteiger partial charge in [0.1, 0.15) is 35.4 Å². The van der Waals surface area contributed by atoms with Crippen LogP contribution in [0, 0.1) is 34.0 Å². The Morgan fingerprint density at radius 1 is 0.467 bits per heavy atom. The number of carbonyl (C=O) groups is 7. The highest BCUT2D eigenvalue weighted by atomic mass is 16.7. The Morgan fingerprint density at radius 2 is 0.757 bits per heavy atom. The lowest BCUT2D eigenvalue weighted by Gasteiger charge is -2.35.